The number of amides is 2. The molecule has 3 rings (SSSR count). The molecule has 0 saturated heterocycles. The molecule has 3 aromatic rings. The van der Waals surface area contributed by atoms with Gasteiger partial charge in [0.05, 0.1) is 10.7 Å². The maximum atomic E-state index is 13.0. The molecule has 0 spiro atoms. The predicted molar refractivity (Wildman–Crippen MR) is 144 cm³/mol. The lowest BCUT2D eigenvalue weighted by Gasteiger charge is -2.18. The summed E-state index contributed by atoms with van der Waals surface area (Å²) in [7, 11) is 0. The second kappa shape index (κ2) is 13.8. The minimum atomic E-state index is -0.859. The third-order valence-corrected chi connectivity index (χ3v) is 5.95. The number of aryl methyl sites for hydroxylation is 2. The average Bonchev–Trinajstić information content (AvgIpc) is 2.88. The van der Waals surface area contributed by atoms with Gasteiger partial charge >= 0.3 is 0 Å². The van der Waals surface area contributed by atoms with Gasteiger partial charge in [-0.25, -0.2) is 5.43 Å². The fourth-order valence-electron chi connectivity index (χ4n) is 3.53. The zero-order valence-corrected chi connectivity index (χ0v) is 22.1. The van der Waals surface area contributed by atoms with E-state index >= 15 is 0 Å². The Hall–Kier alpha value is -4.16. The minimum Gasteiger partial charge on any atom is -0.483 e. The van der Waals surface area contributed by atoms with E-state index < -0.39 is 17.9 Å². The van der Waals surface area contributed by atoms with Crippen molar-refractivity contribution in [3.05, 3.63) is 93.5 Å². The van der Waals surface area contributed by atoms with Crippen LogP contribution in [-0.2, 0) is 16.0 Å². The van der Waals surface area contributed by atoms with Crippen LogP contribution in [0.1, 0.15) is 22.3 Å². The van der Waals surface area contributed by atoms with Crippen molar-refractivity contribution in [3.63, 3.8) is 0 Å². The number of carbonyl (C=O) groups excluding carboxylic acids is 2. The molecule has 2 N–H and O–H groups in total. The molecule has 0 saturated carbocycles. The van der Waals surface area contributed by atoms with E-state index in [-0.39, 0.29) is 19.6 Å². The average molecular weight is 563 g/mol. The van der Waals surface area contributed by atoms with Crippen LogP contribution in [0.3, 0.4) is 0 Å². The topological polar surface area (TPSA) is 113 Å². The van der Waals surface area contributed by atoms with Crippen molar-refractivity contribution in [3.8, 4) is 17.6 Å². The monoisotopic (exact) mass is 562 g/mol. The summed E-state index contributed by atoms with van der Waals surface area (Å²) in [5.41, 5.74) is 5.94. The lowest BCUT2D eigenvalue weighted by Crippen LogP contribution is -2.48. The summed E-state index contributed by atoms with van der Waals surface area (Å²) in [5, 5.41) is 15.5. The van der Waals surface area contributed by atoms with Crippen molar-refractivity contribution in [2.45, 2.75) is 26.3 Å². The van der Waals surface area contributed by atoms with Gasteiger partial charge in [0.25, 0.3) is 11.8 Å². The Labute approximate surface area is 224 Å². The van der Waals surface area contributed by atoms with E-state index in [0.717, 1.165) is 16.7 Å². The number of hydrogen-bond acceptors (Lipinski definition) is 6. The van der Waals surface area contributed by atoms with Crippen LogP contribution in [0.15, 0.2) is 76.3 Å². The van der Waals surface area contributed by atoms with Crippen molar-refractivity contribution in [1.29, 1.82) is 5.26 Å². The lowest BCUT2D eigenvalue weighted by molar-refractivity contribution is -0.130. The van der Waals surface area contributed by atoms with Gasteiger partial charge in [-0.15, -0.1) is 0 Å². The molecular formula is C28H27BrN4O4. The maximum Gasteiger partial charge on any atom is 0.262 e. The molecule has 1 atom stereocenters. The zero-order chi connectivity index (χ0) is 26.6. The van der Waals surface area contributed by atoms with E-state index in [1.54, 1.807) is 18.2 Å². The number of nitriles is 1. The quantitative estimate of drug-likeness (QED) is 0.268. The molecule has 0 heterocycles. The number of benzene rings is 3. The van der Waals surface area contributed by atoms with Gasteiger partial charge in [-0.05, 0) is 70.2 Å². The first-order chi connectivity index (χ1) is 17.9. The molecule has 37 heavy (non-hydrogen) atoms. The summed E-state index contributed by atoms with van der Waals surface area (Å²) in [6.07, 6.45) is 1.76. The Morgan fingerprint density at radius 1 is 1.05 bits per heavy atom. The van der Waals surface area contributed by atoms with Crippen LogP contribution in [0.5, 0.6) is 11.5 Å². The SMILES string of the molecule is Cc1cccc(C)c1OCC(=O)N[C@@H](Cc1ccccc1)C(=O)N/N=C\c1ccc(OCC#N)c(Br)c1. The first-order valence-electron chi connectivity index (χ1n) is 11.5. The van der Waals surface area contributed by atoms with Gasteiger partial charge in [0, 0.05) is 6.42 Å². The highest BCUT2D eigenvalue weighted by Crippen LogP contribution is 2.25. The van der Waals surface area contributed by atoms with Crippen LogP contribution in [-0.4, -0.2) is 37.3 Å². The highest BCUT2D eigenvalue weighted by molar-refractivity contribution is 9.10. The third kappa shape index (κ3) is 8.47. The molecule has 0 aliphatic rings. The number of carbonyl (C=O) groups is 2. The number of ether oxygens (including phenoxy) is 2. The molecule has 8 nitrogen and oxygen atoms in total. The van der Waals surface area contributed by atoms with Crippen LogP contribution in [0.4, 0.5) is 0 Å². The summed E-state index contributed by atoms with van der Waals surface area (Å²) in [4.78, 5) is 25.6. The largest absolute Gasteiger partial charge is 0.483 e. The molecule has 0 radical (unpaired) electrons. The summed E-state index contributed by atoms with van der Waals surface area (Å²) in [6, 6.07) is 21.4. The van der Waals surface area contributed by atoms with Crippen LogP contribution >= 0.6 is 15.9 Å². The van der Waals surface area contributed by atoms with E-state index in [2.05, 4.69) is 31.8 Å². The molecule has 0 unspecified atom stereocenters. The van der Waals surface area contributed by atoms with Gasteiger partial charge in [-0.1, -0.05) is 48.5 Å². The van der Waals surface area contributed by atoms with Crippen molar-refractivity contribution in [2.24, 2.45) is 5.10 Å². The van der Waals surface area contributed by atoms with Crippen LogP contribution in [0.2, 0.25) is 0 Å². The van der Waals surface area contributed by atoms with Crippen molar-refractivity contribution in [2.75, 3.05) is 13.2 Å². The molecule has 0 bridgehead atoms. The standard InChI is InChI=1S/C28H27BrN4O4/c1-19-7-6-8-20(2)27(19)37-18-26(34)32-24(16-21-9-4-3-5-10-21)28(35)33-31-17-22-11-12-25(23(29)15-22)36-14-13-30/h3-12,15,17,24H,14,16,18H2,1-2H3,(H,32,34)(H,33,35)/b31-17-/t24-/m0/s1. The lowest BCUT2D eigenvalue weighted by atomic mass is 10.1. The Morgan fingerprint density at radius 2 is 1.78 bits per heavy atom. The molecule has 0 aliphatic heterocycles. The number of nitrogens with zero attached hydrogens (tertiary/aromatic N) is 2. The molecule has 3 aromatic carbocycles. The highest BCUT2D eigenvalue weighted by atomic mass is 79.9. The van der Waals surface area contributed by atoms with Crippen molar-refractivity contribution in [1.82, 2.24) is 10.7 Å². The fourth-order valence-corrected chi connectivity index (χ4v) is 4.04. The molecule has 0 aliphatic carbocycles. The normalized spacial score (nSPS) is 11.4. The third-order valence-electron chi connectivity index (χ3n) is 5.33. The molecule has 0 fully saturated rings. The number of hydrogen-bond donors (Lipinski definition) is 2. The first kappa shape index (κ1) is 27.4. The number of para-hydroxylation sites is 1. The van der Waals surface area contributed by atoms with E-state index in [1.807, 2.05) is 68.4 Å². The van der Waals surface area contributed by atoms with Gasteiger partial charge in [-0.2, -0.15) is 10.4 Å². The summed E-state index contributed by atoms with van der Waals surface area (Å²) < 4.78 is 11.7. The summed E-state index contributed by atoms with van der Waals surface area (Å²) >= 11 is 3.38. The Balaban J connectivity index is 1.64. The number of hydrazone groups is 1. The van der Waals surface area contributed by atoms with Gasteiger partial charge < -0.3 is 14.8 Å². The van der Waals surface area contributed by atoms with E-state index in [4.69, 9.17) is 14.7 Å². The molecular weight excluding hydrogens is 536 g/mol. The number of nitrogens with one attached hydrogen (secondary N) is 2. The smallest absolute Gasteiger partial charge is 0.262 e. The maximum absolute atomic E-state index is 13.0. The van der Waals surface area contributed by atoms with Crippen LogP contribution in [0, 0.1) is 25.2 Å². The van der Waals surface area contributed by atoms with Gasteiger partial charge in [-0.3, -0.25) is 9.59 Å². The van der Waals surface area contributed by atoms with Crippen LogP contribution in [0.25, 0.3) is 0 Å². The van der Waals surface area contributed by atoms with E-state index in [9.17, 15) is 9.59 Å². The number of halogens is 1. The van der Waals surface area contributed by atoms with E-state index in [0.29, 0.717) is 21.5 Å². The Bertz CT molecular complexity index is 1290. The minimum absolute atomic E-state index is 0.0633. The summed E-state index contributed by atoms with van der Waals surface area (Å²) in [6.45, 7) is 3.54. The molecule has 9 heteroatoms. The second-order valence-corrected chi connectivity index (χ2v) is 9.04. The Kier molecular flexibility index (Phi) is 10.2. The predicted octanol–water partition coefficient (Wildman–Crippen LogP) is 4.22. The number of rotatable bonds is 11. The van der Waals surface area contributed by atoms with Crippen LogP contribution < -0.4 is 20.2 Å². The molecule has 2 amide bonds. The Morgan fingerprint density at radius 3 is 2.46 bits per heavy atom. The van der Waals surface area contributed by atoms with Gasteiger partial charge in [0.2, 0.25) is 0 Å². The van der Waals surface area contributed by atoms with Crippen molar-refractivity contribution >= 4 is 34.0 Å². The van der Waals surface area contributed by atoms with Gasteiger partial charge in [0.15, 0.2) is 13.2 Å². The second-order valence-electron chi connectivity index (χ2n) is 8.19. The van der Waals surface area contributed by atoms with Crippen molar-refractivity contribution < 1.29 is 19.1 Å². The van der Waals surface area contributed by atoms with Gasteiger partial charge in [0.1, 0.15) is 23.6 Å². The summed E-state index contributed by atoms with van der Waals surface area (Å²) in [5.74, 6) is 0.297. The fraction of sp³-hybridized carbons (Fsp3) is 0.214. The zero-order valence-electron chi connectivity index (χ0n) is 20.5. The first-order valence-corrected chi connectivity index (χ1v) is 12.3. The molecule has 0 aromatic heterocycles. The molecule has 190 valence electrons. The van der Waals surface area contributed by atoms with E-state index in [1.165, 1.54) is 6.21 Å². The highest BCUT2D eigenvalue weighted by Gasteiger charge is 2.21.